The van der Waals surface area contributed by atoms with Crippen molar-refractivity contribution in [2.45, 2.75) is 32.1 Å². The third kappa shape index (κ3) is 1.62. The zero-order valence-electron chi connectivity index (χ0n) is 10.9. The number of amides is 3. The maximum Gasteiger partial charge on any atom is 0.288 e. The molecule has 106 valence electrons. The number of carbonyl (C=O) groups is 3. The molecule has 5 nitrogen and oxygen atoms in total. The van der Waals surface area contributed by atoms with Gasteiger partial charge in [0.05, 0.1) is 12.1 Å². The topological polar surface area (TPSA) is 57.7 Å². The van der Waals surface area contributed by atoms with Gasteiger partial charge in [0.2, 0.25) is 5.91 Å². The van der Waals surface area contributed by atoms with Crippen LogP contribution >= 0.6 is 11.3 Å². The predicted molar refractivity (Wildman–Crippen MR) is 69.7 cm³/mol. The largest absolute Gasteiger partial charge is 0.294 e. The van der Waals surface area contributed by atoms with Gasteiger partial charge >= 0.3 is 0 Å². The molecular weight excluding hydrogens is 283 g/mol. The first-order valence-corrected chi connectivity index (χ1v) is 7.34. The fourth-order valence-electron chi connectivity index (χ4n) is 2.71. The number of fused-ring (bicyclic) bond motifs is 1. The average molecular weight is 296 g/mol. The van der Waals surface area contributed by atoms with E-state index in [1.165, 1.54) is 11.3 Å². The van der Waals surface area contributed by atoms with E-state index in [4.69, 9.17) is 0 Å². The molecule has 1 aromatic heterocycles. The summed E-state index contributed by atoms with van der Waals surface area (Å²) in [5, 5.41) is 3.45. The molecule has 1 saturated heterocycles. The molecule has 1 fully saturated rings. The summed E-state index contributed by atoms with van der Waals surface area (Å²) in [6.45, 7) is 1.82. The lowest BCUT2D eigenvalue weighted by Crippen LogP contribution is -2.61. The molecule has 0 spiro atoms. The Morgan fingerprint density at radius 1 is 1.35 bits per heavy atom. The molecule has 7 heteroatoms. The molecule has 20 heavy (non-hydrogen) atoms. The molecule has 0 aromatic carbocycles. The average Bonchev–Trinajstić information content (AvgIpc) is 2.99. The first-order valence-electron chi connectivity index (χ1n) is 6.39. The number of alkyl halides is 1. The molecule has 0 saturated carbocycles. The number of hydrogen-bond donors (Lipinski definition) is 0. The Kier molecular flexibility index (Phi) is 2.89. The predicted octanol–water partition coefficient (Wildman–Crippen LogP) is 1.54. The Hall–Kier alpha value is -1.76. The molecule has 0 aliphatic carbocycles. The summed E-state index contributed by atoms with van der Waals surface area (Å²) in [7, 11) is 0. The fourth-order valence-corrected chi connectivity index (χ4v) is 3.53. The Balaban J connectivity index is 1.94. The van der Waals surface area contributed by atoms with Gasteiger partial charge < -0.3 is 0 Å². The minimum Gasteiger partial charge on any atom is -0.294 e. The van der Waals surface area contributed by atoms with Crippen LogP contribution in [0.2, 0.25) is 0 Å². The SMILES string of the molecule is CCN1C(=O)CC[C@](F)(N2Cc3cscc3C2=O)C1=O. The van der Waals surface area contributed by atoms with Crippen molar-refractivity contribution in [2.24, 2.45) is 0 Å². The molecule has 3 rings (SSSR count). The highest BCUT2D eigenvalue weighted by Gasteiger charge is 2.55. The first-order chi connectivity index (χ1) is 9.49. The van der Waals surface area contributed by atoms with Gasteiger partial charge in [-0.25, -0.2) is 4.39 Å². The summed E-state index contributed by atoms with van der Waals surface area (Å²) in [5.74, 6) is -4.18. The number of nitrogens with zero attached hydrogens (tertiary/aromatic N) is 2. The standard InChI is InChI=1S/C13H13FN2O3S/c1-2-15-10(17)3-4-13(14,12(15)19)16-5-8-6-20-7-9(8)11(16)18/h6-7H,2-5H2,1H3/t13-/m0/s1. The number of carbonyl (C=O) groups excluding carboxylic acids is 3. The van der Waals surface area contributed by atoms with E-state index in [-0.39, 0.29) is 31.8 Å². The van der Waals surface area contributed by atoms with E-state index < -0.39 is 17.6 Å². The molecule has 2 aliphatic heterocycles. The Bertz CT molecular complexity index is 615. The van der Waals surface area contributed by atoms with Gasteiger partial charge in [-0.3, -0.25) is 24.2 Å². The summed E-state index contributed by atoms with van der Waals surface area (Å²) >= 11 is 1.38. The van der Waals surface area contributed by atoms with Crippen LogP contribution in [0.15, 0.2) is 10.8 Å². The Morgan fingerprint density at radius 3 is 2.75 bits per heavy atom. The summed E-state index contributed by atoms with van der Waals surface area (Å²) in [5.41, 5.74) is 1.20. The smallest absolute Gasteiger partial charge is 0.288 e. The van der Waals surface area contributed by atoms with Crippen molar-refractivity contribution >= 4 is 29.1 Å². The van der Waals surface area contributed by atoms with Crippen molar-refractivity contribution < 1.29 is 18.8 Å². The van der Waals surface area contributed by atoms with Gasteiger partial charge in [0.15, 0.2) is 0 Å². The van der Waals surface area contributed by atoms with Gasteiger partial charge in [-0.05, 0) is 17.9 Å². The minimum absolute atomic E-state index is 0.0628. The Labute approximate surface area is 119 Å². The van der Waals surface area contributed by atoms with E-state index in [0.717, 1.165) is 15.4 Å². The second-order valence-electron chi connectivity index (χ2n) is 4.90. The molecule has 1 atom stereocenters. The van der Waals surface area contributed by atoms with Crippen LogP contribution < -0.4 is 0 Å². The highest BCUT2D eigenvalue weighted by atomic mass is 32.1. The van der Waals surface area contributed by atoms with Gasteiger partial charge in [-0.2, -0.15) is 11.3 Å². The van der Waals surface area contributed by atoms with Crippen LogP contribution in [-0.2, 0) is 16.1 Å². The fraction of sp³-hybridized carbons (Fsp3) is 0.462. The van der Waals surface area contributed by atoms with Gasteiger partial charge in [0, 0.05) is 24.8 Å². The zero-order valence-corrected chi connectivity index (χ0v) is 11.7. The second-order valence-corrected chi connectivity index (χ2v) is 5.65. The molecule has 0 bridgehead atoms. The quantitative estimate of drug-likeness (QED) is 0.614. The molecule has 3 amide bonds. The number of piperidine rings is 1. The summed E-state index contributed by atoms with van der Waals surface area (Å²) in [4.78, 5) is 37.9. The van der Waals surface area contributed by atoms with E-state index in [1.807, 2.05) is 0 Å². The molecule has 3 heterocycles. The number of halogens is 1. The van der Waals surface area contributed by atoms with Gasteiger partial charge in [-0.15, -0.1) is 0 Å². The molecule has 0 unspecified atom stereocenters. The summed E-state index contributed by atoms with van der Waals surface area (Å²) < 4.78 is 15.1. The zero-order chi connectivity index (χ0) is 14.5. The van der Waals surface area contributed by atoms with Crippen molar-refractivity contribution in [1.82, 2.24) is 9.80 Å². The molecular formula is C13H13FN2O3S. The number of imide groups is 1. The van der Waals surface area contributed by atoms with Crippen LogP contribution in [0.5, 0.6) is 0 Å². The van der Waals surface area contributed by atoms with Crippen molar-refractivity contribution in [1.29, 1.82) is 0 Å². The van der Waals surface area contributed by atoms with E-state index >= 15 is 4.39 Å². The minimum atomic E-state index is -2.41. The Morgan fingerprint density at radius 2 is 2.10 bits per heavy atom. The number of hydrogen-bond acceptors (Lipinski definition) is 4. The molecule has 0 N–H and O–H groups in total. The molecule has 0 radical (unpaired) electrons. The van der Waals surface area contributed by atoms with Crippen LogP contribution in [0.1, 0.15) is 35.7 Å². The van der Waals surface area contributed by atoms with Gasteiger partial charge in [0.1, 0.15) is 0 Å². The van der Waals surface area contributed by atoms with Crippen LogP contribution in [0.25, 0.3) is 0 Å². The highest BCUT2D eigenvalue weighted by Crippen LogP contribution is 2.38. The van der Waals surface area contributed by atoms with Crippen LogP contribution in [-0.4, -0.2) is 39.9 Å². The van der Waals surface area contributed by atoms with Crippen molar-refractivity contribution in [2.75, 3.05) is 6.54 Å². The molecule has 1 aromatic rings. The van der Waals surface area contributed by atoms with E-state index in [2.05, 4.69) is 0 Å². The van der Waals surface area contributed by atoms with E-state index in [0.29, 0.717) is 5.56 Å². The lowest BCUT2D eigenvalue weighted by molar-refractivity contribution is -0.169. The van der Waals surface area contributed by atoms with Gasteiger partial charge in [-0.1, -0.05) is 0 Å². The summed E-state index contributed by atoms with van der Waals surface area (Å²) in [6.07, 6.45) is -0.326. The first kappa shape index (κ1) is 13.2. The molecule has 2 aliphatic rings. The van der Waals surface area contributed by atoms with Gasteiger partial charge in [0.25, 0.3) is 17.6 Å². The summed E-state index contributed by atoms with van der Waals surface area (Å²) in [6, 6.07) is 0. The van der Waals surface area contributed by atoms with Crippen LogP contribution in [0.3, 0.4) is 0 Å². The monoisotopic (exact) mass is 296 g/mol. The van der Waals surface area contributed by atoms with Crippen molar-refractivity contribution in [3.63, 3.8) is 0 Å². The lowest BCUT2D eigenvalue weighted by Gasteiger charge is -2.39. The van der Waals surface area contributed by atoms with E-state index in [9.17, 15) is 14.4 Å². The van der Waals surface area contributed by atoms with E-state index in [1.54, 1.807) is 17.7 Å². The van der Waals surface area contributed by atoms with Crippen molar-refractivity contribution in [3.8, 4) is 0 Å². The maximum absolute atomic E-state index is 15.1. The van der Waals surface area contributed by atoms with Crippen LogP contribution in [0, 0.1) is 0 Å². The number of likely N-dealkylation sites (N-methyl/N-ethyl adjacent to an activating group) is 1. The number of rotatable bonds is 2. The second kappa shape index (κ2) is 4.37. The normalized spacial score (nSPS) is 26.4. The third-order valence-electron chi connectivity index (χ3n) is 3.83. The lowest BCUT2D eigenvalue weighted by atomic mass is 9.99. The van der Waals surface area contributed by atoms with Crippen LogP contribution in [0.4, 0.5) is 4.39 Å². The van der Waals surface area contributed by atoms with Crippen molar-refractivity contribution in [3.05, 3.63) is 21.9 Å². The maximum atomic E-state index is 15.1. The third-order valence-corrected chi connectivity index (χ3v) is 4.63. The number of thiophene rings is 1. The number of likely N-dealkylation sites (tertiary alicyclic amines) is 1. The highest BCUT2D eigenvalue weighted by molar-refractivity contribution is 7.08.